The molecule has 0 spiro atoms. The summed E-state index contributed by atoms with van der Waals surface area (Å²) >= 11 is 0. The highest BCUT2D eigenvalue weighted by atomic mass is 32.2. The Bertz CT molecular complexity index is 912. The largest absolute Gasteiger partial charge is 0.338 e. The first-order valence-corrected chi connectivity index (χ1v) is 10.1. The molecule has 138 valence electrons. The summed E-state index contributed by atoms with van der Waals surface area (Å²) in [7, 11) is -3.77. The number of nitrogens with two attached hydrogens (primary N) is 1. The number of anilines is 1. The topological polar surface area (TPSA) is 92.5 Å². The molecule has 26 heavy (non-hydrogen) atoms. The molecule has 1 atom stereocenters. The van der Waals surface area contributed by atoms with Gasteiger partial charge in [-0.3, -0.25) is 9.52 Å². The molecule has 1 saturated heterocycles. The minimum atomic E-state index is -3.77. The van der Waals surface area contributed by atoms with Gasteiger partial charge in [-0.2, -0.15) is 0 Å². The van der Waals surface area contributed by atoms with Crippen LogP contribution in [0.15, 0.2) is 53.4 Å². The molecule has 2 aromatic carbocycles. The van der Waals surface area contributed by atoms with Crippen molar-refractivity contribution in [3.05, 3.63) is 59.7 Å². The van der Waals surface area contributed by atoms with Gasteiger partial charge in [-0.25, -0.2) is 8.42 Å². The van der Waals surface area contributed by atoms with Gasteiger partial charge < -0.3 is 10.6 Å². The van der Waals surface area contributed by atoms with E-state index in [1.54, 1.807) is 35.2 Å². The number of hydrogen-bond donors (Lipinski definition) is 2. The number of carbonyl (C=O) groups is 1. The molecule has 0 saturated carbocycles. The van der Waals surface area contributed by atoms with Crippen molar-refractivity contribution in [2.24, 2.45) is 11.7 Å². The average molecular weight is 373 g/mol. The first-order chi connectivity index (χ1) is 12.4. The van der Waals surface area contributed by atoms with Gasteiger partial charge in [0.2, 0.25) is 0 Å². The van der Waals surface area contributed by atoms with Crippen molar-refractivity contribution in [2.45, 2.75) is 18.2 Å². The number of aryl methyl sites for hydroxylation is 1. The number of hydrogen-bond acceptors (Lipinski definition) is 4. The molecule has 2 aromatic rings. The van der Waals surface area contributed by atoms with Crippen LogP contribution >= 0.6 is 0 Å². The summed E-state index contributed by atoms with van der Waals surface area (Å²) in [5.41, 5.74) is 7.49. The molecule has 0 radical (unpaired) electrons. The van der Waals surface area contributed by atoms with Crippen molar-refractivity contribution in [3.63, 3.8) is 0 Å². The van der Waals surface area contributed by atoms with E-state index < -0.39 is 10.0 Å². The monoisotopic (exact) mass is 373 g/mol. The summed E-state index contributed by atoms with van der Waals surface area (Å²) in [6.07, 6.45) is 0.884. The van der Waals surface area contributed by atoms with Crippen LogP contribution in [0.2, 0.25) is 0 Å². The van der Waals surface area contributed by atoms with Gasteiger partial charge >= 0.3 is 0 Å². The van der Waals surface area contributed by atoms with Crippen molar-refractivity contribution in [1.82, 2.24) is 4.90 Å². The predicted octanol–water partition coefficient (Wildman–Crippen LogP) is 2.22. The zero-order chi connectivity index (χ0) is 18.7. The average Bonchev–Trinajstić information content (AvgIpc) is 3.10. The van der Waals surface area contributed by atoms with Gasteiger partial charge in [0.15, 0.2) is 0 Å². The van der Waals surface area contributed by atoms with Crippen LogP contribution in [0.25, 0.3) is 0 Å². The SMILES string of the molecule is Cc1cccc(NS(=O)(=O)c2cccc(C(=O)N3CCC(CN)C3)c2)c1. The molecule has 0 aliphatic carbocycles. The van der Waals surface area contributed by atoms with Gasteiger partial charge in [0, 0.05) is 24.3 Å². The van der Waals surface area contributed by atoms with Crippen LogP contribution in [-0.2, 0) is 10.0 Å². The van der Waals surface area contributed by atoms with E-state index in [2.05, 4.69) is 4.72 Å². The lowest BCUT2D eigenvalue weighted by atomic mass is 10.1. The Kier molecular flexibility index (Phi) is 5.29. The number of rotatable bonds is 5. The first kappa shape index (κ1) is 18.4. The summed E-state index contributed by atoms with van der Waals surface area (Å²) in [6.45, 7) is 3.72. The minimum Gasteiger partial charge on any atom is -0.338 e. The van der Waals surface area contributed by atoms with E-state index in [-0.39, 0.29) is 10.8 Å². The van der Waals surface area contributed by atoms with Crippen LogP contribution in [0.5, 0.6) is 0 Å². The van der Waals surface area contributed by atoms with Crippen LogP contribution in [0.3, 0.4) is 0 Å². The van der Waals surface area contributed by atoms with E-state index in [0.29, 0.717) is 36.8 Å². The van der Waals surface area contributed by atoms with Crippen molar-refractivity contribution in [2.75, 3.05) is 24.4 Å². The number of carbonyl (C=O) groups excluding carboxylic acids is 1. The zero-order valence-corrected chi connectivity index (χ0v) is 15.5. The second-order valence-corrected chi connectivity index (χ2v) is 8.33. The first-order valence-electron chi connectivity index (χ1n) is 8.58. The summed E-state index contributed by atoms with van der Waals surface area (Å²) in [4.78, 5) is 14.5. The fourth-order valence-electron chi connectivity index (χ4n) is 3.11. The van der Waals surface area contributed by atoms with E-state index in [4.69, 9.17) is 5.73 Å². The summed E-state index contributed by atoms with van der Waals surface area (Å²) < 4.78 is 27.9. The zero-order valence-electron chi connectivity index (χ0n) is 14.7. The molecule has 1 aliphatic rings. The Morgan fingerprint density at radius 1 is 1.23 bits per heavy atom. The Balaban J connectivity index is 1.81. The lowest BCUT2D eigenvalue weighted by molar-refractivity contribution is 0.0787. The van der Waals surface area contributed by atoms with Gasteiger partial charge in [0.1, 0.15) is 0 Å². The molecule has 1 heterocycles. The number of likely N-dealkylation sites (tertiary alicyclic amines) is 1. The van der Waals surface area contributed by atoms with Crippen molar-refractivity contribution >= 4 is 21.6 Å². The maximum Gasteiger partial charge on any atom is 0.261 e. The van der Waals surface area contributed by atoms with Gasteiger partial charge in [0.25, 0.3) is 15.9 Å². The Labute approximate surface area is 154 Å². The number of nitrogens with one attached hydrogen (secondary N) is 1. The van der Waals surface area contributed by atoms with Crippen molar-refractivity contribution < 1.29 is 13.2 Å². The smallest absolute Gasteiger partial charge is 0.261 e. The van der Waals surface area contributed by atoms with Crippen LogP contribution < -0.4 is 10.5 Å². The highest BCUT2D eigenvalue weighted by Crippen LogP contribution is 2.21. The third-order valence-corrected chi connectivity index (χ3v) is 5.95. The fraction of sp³-hybridized carbons (Fsp3) is 0.316. The third-order valence-electron chi connectivity index (χ3n) is 4.57. The molecular formula is C19H23N3O3S. The van der Waals surface area contributed by atoms with Crippen molar-refractivity contribution in [3.8, 4) is 0 Å². The summed E-state index contributed by atoms with van der Waals surface area (Å²) in [5.74, 6) is 0.155. The third kappa shape index (κ3) is 4.05. The molecule has 7 heteroatoms. The summed E-state index contributed by atoms with van der Waals surface area (Å²) in [6, 6.07) is 13.3. The molecule has 3 rings (SSSR count). The molecule has 1 fully saturated rings. The molecule has 0 bridgehead atoms. The molecular weight excluding hydrogens is 350 g/mol. The molecule has 1 unspecified atom stereocenters. The highest BCUT2D eigenvalue weighted by molar-refractivity contribution is 7.92. The van der Waals surface area contributed by atoms with Gasteiger partial charge in [-0.1, -0.05) is 18.2 Å². The molecule has 6 nitrogen and oxygen atoms in total. The van der Waals surface area contributed by atoms with E-state index in [0.717, 1.165) is 12.0 Å². The van der Waals surface area contributed by atoms with Crippen molar-refractivity contribution in [1.29, 1.82) is 0 Å². The Hall–Kier alpha value is -2.38. The van der Waals surface area contributed by atoms with Gasteiger partial charge in [-0.15, -0.1) is 0 Å². The van der Waals surface area contributed by atoms with E-state index in [1.807, 2.05) is 13.0 Å². The van der Waals surface area contributed by atoms with Gasteiger partial charge in [-0.05, 0) is 61.7 Å². The van der Waals surface area contributed by atoms with Crippen LogP contribution in [0, 0.1) is 12.8 Å². The normalized spacial score (nSPS) is 17.3. The minimum absolute atomic E-state index is 0.0689. The van der Waals surface area contributed by atoms with Crippen LogP contribution in [0.1, 0.15) is 22.3 Å². The fourth-order valence-corrected chi connectivity index (χ4v) is 4.21. The molecule has 1 aliphatic heterocycles. The Morgan fingerprint density at radius 2 is 2.00 bits per heavy atom. The number of nitrogens with zero attached hydrogens (tertiary/aromatic N) is 1. The van der Waals surface area contributed by atoms with E-state index in [1.165, 1.54) is 12.1 Å². The lowest BCUT2D eigenvalue weighted by Gasteiger charge is -2.17. The number of benzene rings is 2. The molecule has 0 aromatic heterocycles. The highest BCUT2D eigenvalue weighted by Gasteiger charge is 2.26. The lowest BCUT2D eigenvalue weighted by Crippen LogP contribution is -2.30. The van der Waals surface area contributed by atoms with E-state index in [9.17, 15) is 13.2 Å². The molecule has 1 amide bonds. The standard InChI is InChI=1S/C19H23N3O3S/c1-14-4-2-6-17(10-14)21-26(24,25)18-7-3-5-16(11-18)19(23)22-9-8-15(12-20)13-22/h2-7,10-11,15,21H,8-9,12-13,20H2,1H3. The number of sulfonamides is 1. The maximum atomic E-state index is 12.7. The molecule has 3 N–H and O–H groups in total. The second kappa shape index (κ2) is 7.47. The number of amides is 1. The van der Waals surface area contributed by atoms with Crippen LogP contribution in [-0.4, -0.2) is 38.9 Å². The Morgan fingerprint density at radius 3 is 2.69 bits per heavy atom. The van der Waals surface area contributed by atoms with E-state index >= 15 is 0 Å². The predicted molar refractivity (Wildman–Crippen MR) is 101 cm³/mol. The quantitative estimate of drug-likeness (QED) is 0.840. The van der Waals surface area contributed by atoms with Gasteiger partial charge in [0.05, 0.1) is 4.90 Å². The van der Waals surface area contributed by atoms with Crippen LogP contribution in [0.4, 0.5) is 5.69 Å². The summed E-state index contributed by atoms with van der Waals surface area (Å²) in [5, 5.41) is 0. The maximum absolute atomic E-state index is 12.7. The second-order valence-electron chi connectivity index (χ2n) is 6.64.